The van der Waals surface area contributed by atoms with Crippen molar-refractivity contribution in [1.29, 1.82) is 0 Å². The number of nitrogens with two attached hydrogens (primary N) is 1. The van der Waals surface area contributed by atoms with Gasteiger partial charge in [-0.2, -0.15) is 0 Å². The van der Waals surface area contributed by atoms with E-state index >= 15 is 0 Å². The molecule has 2 fully saturated rings. The van der Waals surface area contributed by atoms with Gasteiger partial charge in [-0.15, -0.1) is 0 Å². The molecule has 2 aromatic rings. The second-order valence-electron chi connectivity index (χ2n) is 8.74. The molecule has 3 aliphatic rings. The van der Waals surface area contributed by atoms with Crippen molar-refractivity contribution in [2.24, 2.45) is 16.6 Å². The Morgan fingerprint density at radius 1 is 1.00 bits per heavy atom. The molecule has 5 nitrogen and oxygen atoms in total. The molecule has 1 aliphatic heterocycles. The number of hydrogen-bond donors (Lipinski definition) is 2. The highest BCUT2D eigenvalue weighted by atomic mass is 35.5. The fourth-order valence-electron chi connectivity index (χ4n) is 5.03. The smallest absolute Gasteiger partial charge is 0.262 e. The van der Waals surface area contributed by atoms with Crippen LogP contribution in [0.5, 0.6) is 0 Å². The fourth-order valence-corrected chi connectivity index (χ4v) is 5.22. The van der Waals surface area contributed by atoms with Crippen LogP contribution in [0.15, 0.2) is 53.5 Å². The average molecular weight is 424 g/mol. The number of hydrogen-bond acceptors (Lipinski definition) is 4. The van der Waals surface area contributed by atoms with E-state index in [1.807, 2.05) is 42.5 Å². The van der Waals surface area contributed by atoms with Crippen LogP contribution in [0, 0.1) is 5.92 Å². The summed E-state index contributed by atoms with van der Waals surface area (Å²) in [7, 11) is 0. The van der Waals surface area contributed by atoms with Gasteiger partial charge >= 0.3 is 0 Å². The minimum atomic E-state index is -0.936. The molecule has 1 amide bonds. The lowest BCUT2D eigenvalue weighted by molar-refractivity contribution is -0.134. The number of amides is 1. The van der Waals surface area contributed by atoms with Crippen molar-refractivity contribution in [3.05, 3.63) is 59.1 Å². The molecule has 1 heterocycles. The second kappa shape index (κ2) is 7.40. The van der Waals surface area contributed by atoms with Crippen LogP contribution < -0.4 is 5.73 Å². The standard InChI is InChI=1S/C24H26ClN3O2/c25-19-6-2-4-16(14-19)15-3-1-5-18(13-15)24(17-7-8-17)22(30)28(23(26)27-24)20-9-11-21(29)12-10-20/h1-6,13-14,17,20-21,29H,7-12H2,(H2,26,27). The summed E-state index contributed by atoms with van der Waals surface area (Å²) in [5.74, 6) is 0.492. The maximum atomic E-state index is 13.9. The van der Waals surface area contributed by atoms with Crippen molar-refractivity contribution >= 4 is 23.5 Å². The Labute approximate surface area is 181 Å². The van der Waals surface area contributed by atoms with Gasteiger partial charge < -0.3 is 10.8 Å². The molecular weight excluding hydrogens is 398 g/mol. The first-order valence-corrected chi connectivity index (χ1v) is 11.1. The zero-order chi connectivity index (χ0) is 20.9. The number of aliphatic hydroxyl groups excluding tert-OH is 1. The summed E-state index contributed by atoms with van der Waals surface area (Å²) >= 11 is 6.19. The zero-order valence-corrected chi connectivity index (χ0v) is 17.6. The second-order valence-corrected chi connectivity index (χ2v) is 9.18. The Morgan fingerprint density at radius 2 is 1.67 bits per heavy atom. The van der Waals surface area contributed by atoms with Crippen LogP contribution in [-0.2, 0) is 10.3 Å². The molecule has 0 bridgehead atoms. The molecular formula is C24H26ClN3O2. The lowest BCUT2D eigenvalue weighted by Gasteiger charge is -2.34. The summed E-state index contributed by atoms with van der Waals surface area (Å²) in [4.78, 5) is 20.4. The van der Waals surface area contributed by atoms with Crippen molar-refractivity contribution in [2.75, 3.05) is 0 Å². The van der Waals surface area contributed by atoms with Gasteiger partial charge in [0, 0.05) is 11.1 Å². The number of aliphatic imine (C=N–C) groups is 1. The van der Waals surface area contributed by atoms with Crippen LogP contribution in [-0.4, -0.2) is 34.0 Å². The fraction of sp³-hybridized carbons (Fsp3) is 0.417. The Hall–Kier alpha value is -2.37. The highest BCUT2D eigenvalue weighted by Crippen LogP contribution is 2.52. The van der Waals surface area contributed by atoms with Gasteiger partial charge in [0.25, 0.3) is 5.91 Å². The van der Waals surface area contributed by atoms with E-state index in [-0.39, 0.29) is 24.0 Å². The molecule has 2 aliphatic carbocycles. The topological polar surface area (TPSA) is 78.9 Å². The van der Waals surface area contributed by atoms with Crippen molar-refractivity contribution < 1.29 is 9.90 Å². The Balaban J connectivity index is 1.53. The molecule has 3 N–H and O–H groups in total. The molecule has 0 aromatic heterocycles. The summed E-state index contributed by atoms with van der Waals surface area (Å²) in [5, 5.41) is 10.5. The molecule has 2 saturated carbocycles. The van der Waals surface area contributed by atoms with E-state index in [2.05, 4.69) is 6.07 Å². The molecule has 1 unspecified atom stereocenters. The molecule has 0 radical (unpaired) electrons. The van der Waals surface area contributed by atoms with Gasteiger partial charge in [-0.25, -0.2) is 4.99 Å². The molecule has 1 atom stereocenters. The Kier molecular flexibility index (Phi) is 4.83. The van der Waals surface area contributed by atoms with Crippen LogP contribution in [0.3, 0.4) is 0 Å². The number of nitrogens with zero attached hydrogens (tertiary/aromatic N) is 2. The van der Waals surface area contributed by atoms with Crippen molar-refractivity contribution in [1.82, 2.24) is 4.90 Å². The number of carbonyl (C=O) groups is 1. The summed E-state index contributed by atoms with van der Waals surface area (Å²) < 4.78 is 0. The first kappa shape index (κ1) is 19.6. The zero-order valence-electron chi connectivity index (χ0n) is 16.8. The summed E-state index contributed by atoms with van der Waals surface area (Å²) in [6.45, 7) is 0. The molecule has 0 spiro atoms. The lowest BCUT2D eigenvalue weighted by Crippen LogP contribution is -2.50. The van der Waals surface area contributed by atoms with Crippen LogP contribution in [0.2, 0.25) is 5.02 Å². The van der Waals surface area contributed by atoms with E-state index in [1.54, 1.807) is 4.90 Å². The van der Waals surface area contributed by atoms with E-state index in [0.717, 1.165) is 42.4 Å². The first-order chi connectivity index (χ1) is 14.5. The van der Waals surface area contributed by atoms with Gasteiger partial charge in [0.1, 0.15) is 0 Å². The molecule has 156 valence electrons. The highest BCUT2D eigenvalue weighted by Gasteiger charge is 2.59. The SMILES string of the molecule is NC1=NC(c2cccc(-c3cccc(Cl)c3)c2)(C2CC2)C(=O)N1C1CCC(O)CC1. The van der Waals surface area contributed by atoms with Crippen LogP contribution in [0.25, 0.3) is 11.1 Å². The van der Waals surface area contributed by atoms with Gasteiger partial charge in [0.15, 0.2) is 11.5 Å². The van der Waals surface area contributed by atoms with E-state index < -0.39 is 5.54 Å². The highest BCUT2D eigenvalue weighted by molar-refractivity contribution is 6.30. The Morgan fingerprint density at radius 3 is 2.33 bits per heavy atom. The summed E-state index contributed by atoms with van der Waals surface area (Å²) in [5.41, 5.74) is 8.34. The average Bonchev–Trinajstić information content (AvgIpc) is 3.56. The van der Waals surface area contributed by atoms with Crippen molar-refractivity contribution in [3.63, 3.8) is 0 Å². The van der Waals surface area contributed by atoms with Crippen LogP contribution in [0.4, 0.5) is 0 Å². The van der Waals surface area contributed by atoms with E-state index in [4.69, 9.17) is 22.3 Å². The van der Waals surface area contributed by atoms with Gasteiger partial charge in [0.2, 0.25) is 0 Å². The predicted octanol–water partition coefficient (Wildman–Crippen LogP) is 4.07. The number of rotatable bonds is 4. The quantitative estimate of drug-likeness (QED) is 0.777. The summed E-state index contributed by atoms with van der Waals surface area (Å²) in [6, 6.07) is 15.8. The van der Waals surface area contributed by atoms with E-state index in [1.165, 1.54) is 0 Å². The third-order valence-corrected chi connectivity index (χ3v) is 6.98. The van der Waals surface area contributed by atoms with Gasteiger partial charge in [-0.3, -0.25) is 9.69 Å². The van der Waals surface area contributed by atoms with Crippen LogP contribution >= 0.6 is 11.6 Å². The number of guanidine groups is 1. The monoisotopic (exact) mass is 423 g/mol. The largest absolute Gasteiger partial charge is 0.393 e. The van der Waals surface area contributed by atoms with Gasteiger partial charge in [-0.1, -0.05) is 41.9 Å². The number of benzene rings is 2. The molecule has 2 aromatic carbocycles. The summed E-state index contributed by atoms with van der Waals surface area (Å²) in [6.07, 6.45) is 4.58. The maximum Gasteiger partial charge on any atom is 0.262 e. The molecule has 0 saturated heterocycles. The van der Waals surface area contributed by atoms with Gasteiger partial charge in [0.05, 0.1) is 6.10 Å². The number of carbonyl (C=O) groups excluding carboxylic acids is 1. The van der Waals surface area contributed by atoms with E-state index in [9.17, 15) is 9.90 Å². The number of aliphatic hydroxyl groups is 1. The minimum absolute atomic E-state index is 0.00728. The molecule has 6 heteroatoms. The third kappa shape index (κ3) is 3.21. The lowest BCUT2D eigenvalue weighted by atomic mass is 9.82. The first-order valence-electron chi connectivity index (χ1n) is 10.7. The van der Waals surface area contributed by atoms with E-state index in [0.29, 0.717) is 23.8 Å². The minimum Gasteiger partial charge on any atom is -0.393 e. The molecule has 30 heavy (non-hydrogen) atoms. The Bertz CT molecular complexity index is 1010. The van der Waals surface area contributed by atoms with Crippen molar-refractivity contribution in [2.45, 2.75) is 56.2 Å². The maximum absolute atomic E-state index is 13.9. The molecule has 5 rings (SSSR count). The predicted molar refractivity (Wildman–Crippen MR) is 118 cm³/mol. The normalized spacial score (nSPS) is 29.2. The van der Waals surface area contributed by atoms with Gasteiger partial charge in [-0.05, 0) is 79.3 Å². The van der Waals surface area contributed by atoms with Crippen LogP contribution in [0.1, 0.15) is 44.1 Å². The third-order valence-electron chi connectivity index (χ3n) is 6.74. The number of halogens is 1. The van der Waals surface area contributed by atoms with Crippen molar-refractivity contribution in [3.8, 4) is 11.1 Å².